The molecular weight excluding hydrogens is 291 g/mol. The highest BCUT2D eigenvalue weighted by Crippen LogP contribution is 2.33. The van der Waals surface area contributed by atoms with Crippen LogP contribution in [-0.2, 0) is 9.47 Å². The third kappa shape index (κ3) is 2.38. The van der Waals surface area contributed by atoms with Gasteiger partial charge < -0.3 is 9.47 Å². The summed E-state index contributed by atoms with van der Waals surface area (Å²) in [6.45, 7) is 3.61. The number of allylic oxidation sites excluding steroid dienone is 3. The highest BCUT2D eigenvalue weighted by molar-refractivity contribution is 14.1. The van der Waals surface area contributed by atoms with Gasteiger partial charge in [0.2, 0.25) is 0 Å². The fraction of sp³-hybridized carbons (Fsp3) is 0.636. The average molecular weight is 306 g/mol. The van der Waals surface area contributed by atoms with E-state index in [0.29, 0.717) is 0 Å². The maximum atomic E-state index is 5.54. The Balaban J connectivity index is 2.16. The van der Waals surface area contributed by atoms with Gasteiger partial charge in [0.25, 0.3) is 0 Å². The number of hydrogen-bond donors (Lipinski definition) is 0. The van der Waals surface area contributed by atoms with Gasteiger partial charge in [-0.2, -0.15) is 0 Å². The Hall–Kier alpha value is 0.130. The molecule has 0 atom stereocenters. The van der Waals surface area contributed by atoms with Crippen molar-refractivity contribution < 1.29 is 9.47 Å². The molecule has 2 aliphatic rings. The molecule has 0 N–H and O–H groups in total. The van der Waals surface area contributed by atoms with E-state index in [1.54, 1.807) is 0 Å². The van der Waals surface area contributed by atoms with Crippen molar-refractivity contribution in [3.63, 3.8) is 0 Å². The zero-order chi connectivity index (χ0) is 9.97. The van der Waals surface area contributed by atoms with Crippen LogP contribution < -0.4 is 0 Å². The molecule has 0 aromatic heterocycles. The Bertz CT molecular complexity index is 271. The van der Waals surface area contributed by atoms with Crippen molar-refractivity contribution in [1.29, 1.82) is 0 Å². The van der Waals surface area contributed by atoms with Gasteiger partial charge in [-0.05, 0) is 69.6 Å². The highest BCUT2D eigenvalue weighted by atomic mass is 127. The quantitative estimate of drug-likeness (QED) is 0.730. The Morgan fingerprint density at radius 2 is 2.07 bits per heavy atom. The van der Waals surface area contributed by atoms with Gasteiger partial charge in [0.15, 0.2) is 6.29 Å². The lowest BCUT2D eigenvalue weighted by Crippen LogP contribution is -2.10. The first-order valence-corrected chi connectivity index (χ1v) is 6.14. The van der Waals surface area contributed by atoms with Gasteiger partial charge in [-0.1, -0.05) is 0 Å². The largest absolute Gasteiger partial charge is 0.346 e. The average Bonchev–Trinajstić information content (AvgIpc) is 2.70. The van der Waals surface area contributed by atoms with Crippen LogP contribution in [0.3, 0.4) is 0 Å². The second kappa shape index (κ2) is 4.77. The van der Waals surface area contributed by atoms with Crippen molar-refractivity contribution in [2.45, 2.75) is 32.5 Å². The van der Waals surface area contributed by atoms with Crippen LogP contribution in [0, 0.1) is 0 Å². The van der Waals surface area contributed by atoms with E-state index in [1.807, 2.05) is 0 Å². The lowest BCUT2D eigenvalue weighted by atomic mass is 10.1. The zero-order valence-corrected chi connectivity index (χ0v) is 10.5. The minimum Gasteiger partial charge on any atom is -0.346 e. The van der Waals surface area contributed by atoms with Crippen molar-refractivity contribution in [3.8, 4) is 0 Å². The molecule has 2 rings (SSSR count). The van der Waals surface area contributed by atoms with Gasteiger partial charge in [0.1, 0.15) is 0 Å². The van der Waals surface area contributed by atoms with Crippen molar-refractivity contribution in [3.05, 3.63) is 20.8 Å². The summed E-state index contributed by atoms with van der Waals surface area (Å²) in [4.78, 5) is 0. The minimum atomic E-state index is -0.0421. The molecule has 3 heteroatoms. The van der Waals surface area contributed by atoms with Gasteiger partial charge in [0, 0.05) is 0 Å². The van der Waals surface area contributed by atoms with Crippen LogP contribution in [0.25, 0.3) is 0 Å². The summed E-state index contributed by atoms with van der Waals surface area (Å²) in [5, 5.41) is 0. The lowest BCUT2D eigenvalue weighted by Gasteiger charge is -2.11. The molecule has 0 unspecified atom stereocenters. The fourth-order valence-corrected chi connectivity index (χ4v) is 2.40. The summed E-state index contributed by atoms with van der Waals surface area (Å²) >= 11 is 2.35. The first-order valence-electron chi connectivity index (χ1n) is 5.06. The van der Waals surface area contributed by atoms with E-state index in [0.717, 1.165) is 19.6 Å². The van der Waals surface area contributed by atoms with Gasteiger partial charge in [-0.3, -0.25) is 0 Å². The molecule has 0 bridgehead atoms. The van der Waals surface area contributed by atoms with Crippen molar-refractivity contribution in [1.82, 2.24) is 0 Å². The first-order chi connectivity index (χ1) is 6.77. The van der Waals surface area contributed by atoms with E-state index in [-0.39, 0.29) is 6.29 Å². The molecule has 0 radical (unpaired) electrons. The molecule has 14 heavy (non-hydrogen) atoms. The summed E-state index contributed by atoms with van der Waals surface area (Å²) in [5.74, 6) is 0. The van der Waals surface area contributed by atoms with Gasteiger partial charge in [-0.25, -0.2) is 0 Å². The summed E-state index contributed by atoms with van der Waals surface area (Å²) in [5.41, 5.74) is 2.81. The van der Waals surface area contributed by atoms with Gasteiger partial charge in [0.05, 0.1) is 13.2 Å². The standard InChI is InChI=1S/C11H15IO2/c1-8(12)7-9-3-2-4-10(9)11-13-5-6-14-11/h7,11H,2-6H2,1H3/b8-7+. The number of ether oxygens (including phenoxy) is 2. The molecule has 1 fully saturated rings. The molecule has 1 saturated heterocycles. The summed E-state index contributed by atoms with van der Waals surface area (Å²) in [7, 11) is 0. The Kier molecular flexibility index (Phi) is 3.62. The minimum absolute atomic E-state index is 0.0421. The molecule has 0 spiro atoms. The second-order valence-electron chi connectivity index (χ2n) is 3.71. The normalized spacial score (nSPS) is 25.1. The van der Waals surface area contributed by atoms with Crippen molar-refractivity contribution in [2.75, 3.05) is 13.2 Å². The molecule has 1 heterocycles. The van der Waals surface area contributed by atoms with E-state index in [1.165, 1.54) is 27.6 Å². The Labute approximate surface area is 98.5 Å². The van der Waals surface area contributed by atoms with Gasteiger partial charge >= 0.3 is 0 Å². The molecule has 0 amide bonds. The molecule has 1 aliphatic heterocycles. The van der Waals surface area contributed by atoms with Crippen molar-refractivity contribution >= 4 is 22.6 Å². The molecule has 0 aromatic rings. The van der Waals surface area contributed by atoms with Crippen LogP contribution in [0.4, 0.5) is 0 Å². The molecule has 78 valence electrons. The number of rotatable bonds is 2. The summed E-state index contributed by atoms with van der Waals surface area (Å²) in [6.07, 6.45) is 5.78. The maximum absolute atomic E-state index is 5.54. The van der Waals surface area contributed by atoms with Crippen molar-refractivity contribution in [2.24, 2.45) is 0 Å². The molecular formula is C11H15IO2. The van der Waals surface area contributed by atoms with E-state index in [9.17, 15) is 0 Å². The monoisotopic (exact) mass is 306 g/mol. The molecule has 0 saturated carbocycles. The van der Waals surface area contributed by atoms with Crippen LogP contribution in [0.15, 0.2) is 20.8 Å². The predicted molar refractivity (Wildman–Crippen MR) is 64.3 cm³/mol. The van der Waals surface area contributed by atoms with Crippen LogP contribution >= 0.6 is 22.6 Å². The van der Waals surface area contributed by atoms with E-state index in [2.05, 4.69) is 35.6 Å². The smallest absolute Gasteiger partial charge is 0.180 e. The molecule has 1 aliphatic carbocycles. The van der Waals surface area contributed by atoms with E-state index >= 15 is 0 Å². The van der Waals surface area contributed by atoms with Crippen LogP contribution in [0.5, 0.6) is 0 Å². The second-order valence-corrected chi connectivity index (χ2v) is 5.41. The zero-order valence-electron chi connectivity index (χ0n) is 8.38. The van der Waals surface area contributed by atoms with Crippen LogP contribution in [0.1, 0.15) is 26.2 Å². The van der Waals surface area contributed by atoms with E-state index in [4.69, 9.17) is 9.47 Å². The molecule has 2 nitrogen and oxygen atoms in total. The third-order valence-corrected chi connectivity index (χ3v) is 2.90. The van der Waals surface area contributed by atoms with Crippen LogP contribution in [-0.4, -0.2) is 19.5 Å². The highest BCUT2D eigenvalue weighted by Gasteiger charge is 2.26. The summed E-state index contributed by atoms with van der Waals surface area (Å²) in [6, 6.07) is 0. The van der Waals surface area contributed by atoms with Crippen LogP contribution in [0.2, 0.25) is 0 Å². The first kappa shape index (κ1) is 10.6. The Morgan fingerprint density at radius 1 is 1.36 bits per heavy atom. The van der Waals surface area contributed by atoms with Gasteiger partial charge in [-0.15, -0.1) is 0 Å². The SMILES string of the molecule is C/C(I)=C\C1=C(C2OCCO2)CCC1. The molecule has 0 aromatic carbocycles. The lowest BCUT2D eigenvalue weighted by molar-refractivity contribution is -0.0130. The number of halogens is 1. The predicted octanol–water partition coefficient (Wildman–Crippen LogP) is 3.18. The fourth-order valence-electron chi connectivity index (χ4n) is 2.02. The topological polar surface area (TPSA) is 18.5 Å². The summed E-state index contributed by atoms with van der Waals surface area (Å²) < 4.78 is 12.4. The maximum Gasteiger partial charge on any atom is 0.180 e. The van der Waals surface area contributed by atoms with E-state index < -0.39 is 0 Å². The third-order valence-electron chi connectivity index (χ3n) is 2.58. The Morgan fingerprint density at radius 3 is 2.71 bits per heavy atom. The number of hydrogen-bond acceptors (Lipinski definition) is 2.